The first-order chi connectivity index (χ1) is 17.4. The fraction of sp³-hybridized carbons (Fsp3) is 0.448. The van der Waals surface area contributed by atoms with Gasteiger partial charge in [-0.1, -0.05) is 54.6 Å². The molecule has 8 heteroatoms. The third-order valence-electron chi connectivity index (χ3n) is 7.02. The van der Waals surface area contributed by atoms with Crippen molar-refractivity contribution in [2.75, 3.05) is 12.0 Å². The number of nitrogens with one attached hydrogen (secondary N) is 1. The number of thiol groups is 1. The Balaban J connectivity index is 1.60. The molecule has 37 heavy (non-hydrogen) atoms. The maximum Gasteiger partial charge on any atom is 0.242 e. The number of primary amides is 1. The van der Waals surface area contributed by atoms with Gasteiger partial charge in [0, 0.05) is 17.4 Å². The van der Waals surface area contributed by atoms with Gasteiger partial charge < -0.3 is 26.4 Å². The zero-order valence-corrected chi connectivity index (χ0v) is 22.9. The average molecular weight is 529 g/mol. The number of aryl methyl sites for hydroxylation is 1. The zero-order valence-electron chi connectivity index (χ0n) is 22.0. The highest BCUT2D eigenvalue weighted by Gasteiger charge is 2.40. The molecule has 1 aliphatic rings. The Morgan fingerprint density at radius 2 is 1.78 bits per heavy atom. The lowest BCUT2D eigenvalue weighted by molar-refractivity contribution is -0.130. The molecule has 1 heterocycles. The van der Waals surface area contributed by atoms with Crippen LogP contribution in [0.3, 0.4) is 0 Å². The minimum absolute atomic E-state index is 0.163. The molecule has 1 aliphatic heterocycles. The fourth-order valence-electron chi connectivity index (χ4n) is 4.58. The Bertz CT molecular complexity index is 1130. The topological polar surface area (TPSA) is 133 Å². The predicted octanol–water partition coefficient (Wildman–Crippen LogP) is 2.53. The number of hydrogen-bond acceptors (Lipinski definition) is 5. The van der Waals surface area contributed by atoms with Gasteiger partial charge >= 0.3 is 0 Å². The third-order valence-corrected chi connectivity index (χ3v) is 9.53. The normalized spacial score (nSPS) is 25.2. The zero-order chi connectivity index (χ0) is 27.3. The van der Waals surface area contributed by atoms with E-state index >= 15 is 0 Å². The molecule has 1 fully saturated rings. The molecule has 2 amide bonds. The Hall–Kier alpha value is -2.65. The molecule has 0 aromatic heterocycles. The molecule has 6 N–H and O–H groups in total. The number of nitrogens with two attached hydrogens (primary N) is 1. The van der Waals surface area contributed by atoms with E-state index in [0.29, 0.717) is 12.2 Å². The van der Waals surface area contributed by atoms with E-state index < -0.39 is 40.7 Å². The lowest BCUT2D eigenvalue weighted by Gasteiger charge is -2.42. The van der Waals surface area contributed by atoms with E-state index in [0.717, 1.165) is 28.7 Å². The van der Waals surface area contributed by atoms with Gasteiger partial charge in [-0.3, -0.25) is 9.59 Å². The van der Waals surface area contributed by atoms with Crippen molar-refractivity contribution in [3.8, 4) is 0 Å². The summed E-state index contributed by atoms with van der Waals surface area (Å²) in [5, 5.41) is 33.4. The molecule has 2 aromatic rings. The monoisotopic (exact) mass is 528 g/mol. The summed E-state index contributed by atoms with van der Waals surface area (Å²) >= 11 is 0. The van der Waals surface area contributed by atoms with E-state index in [1.54, 1.807) is 13.8 Å². The summed E-state index contributed by atoms with van der Waals surface area (Å²) in [7, 11) is -0.657. The van der Waals surface area contributed by atoms with Gasteiger partial charge in [0.15, 0.2) is 0 Å². The first-order valence-corrected chi connectivity index (χ1v) is 14.6. The molecule has 0 saturated carbocycles. The molecule has 5 atom stereocenters. The van der Waals surface area contributed by atoms with Crippen LogP contribution in [0.5, 0.6) is 0 Å². The number of hydrogen-bond donors (Lipinski definition) is 6. The van der Waals surface area contributed by atoms with Crippen molar-refractivity contribution in [3.63, 3.8) is 0 Å². The average Bonchev–Trinajstić information content (AvgIpc) is 2.83. The highest BCUT2D eigenvalue weighted by Crippen LogP contribution is 2.48. The van der Waals surface area contributed by atoms with Crippen LogP contribution in [-0.2, 0) is 16.0 Å². The van der Waals surface area contributed by atoms with Gasteiger partial charge in [0.1, 0.15) is 11.6 Å². The summed E-state index contributed by atoms with van der Waals surface area (Å²) in [6.07, 6.45) is 4.57. The van der Waals surface area contributed by atoms with Crippen LogP contribution in [0.25, 0.3) is 6.08 Å². The van der Waals surface area contributed by atoms with Gasteiger partial charge in [0.25, 0.3) is 0 Å². The van der Waals surface area contributed by atoms with E-state index in [4.69, 9.17) is 5.73 Å². The van der Waals surface area contributed by atoms with E-state index in [1.165, 1.54) is 5.56 Å². The molecule has 1 saturated heterocycles. The highest BCUT2D eigenvalue weighted by atomic mass is 32.2. The molecule has 0 radical (unpaired) electrons. The van der Waals surface area contributed by atoms with Crippen LogP contribution in [0.15, 0.2) is 48.5 Å². The maximum absolute atomic E-state index is 12.0. The molecule has 3 rings (SSSR count). The van der Waals surface area contributed by atoms with Gasteiger partial charge in [-0.25, -0.2) is 10.9 Å². The quantitative estimate of drug-likeness (QED) is 0.278. The number of aliphatic hydroxyl groups excluding tert-OH is 3. The van der Waals surface area contributed by atoms with Gasteiger partial charge in [-0.2, -0.15) is 0 Å². The number of amides is 2. The number of rotatable bonds is 9. The largest absolute Gasteiger partial charge is 0.390 e. The summed E-state index contributed by atoms with van der Waals surface area (Å²) in [6.45, 7) is 5.24. The van der Waals surface area contributed by atoms with Crippen molar-refractivity contribution >= 4 is 28.8 Å². The van der Waals surface area contributed by atoms with Crippen LogP contribution in [0, 0.1) is 6.92 Å². The smallest absolute Gasteiger partial charge is 0.242 e. The van der Waals surface area contributed by atoms with E-state index in [-0.39, 0.29) is 17.6 Å². The number of carbonyl (C=O) groups excluding carboxylic acids is 2. The van der Waals surface area contributed by atoms with Crippen LogP contribution >= 0.6 is 10.9 Å². The van der Waals surface area contributed by atoms with E-state index in [9.17, 15) is 24.9 Å². The second kappa shape index (κ2) is 12.3. The molecular weight excluding hydrogens is 488 g/mol. The summed E-state index contributed by atoms with van der Waals surface area (Å²) < 4.78 is 0. The molecule has 0 aliphatic carbocycles. The molecule has 0 spiro atoms. The molecular formula is C29H40N2O5S. The Labute approximate surface area is 222 Å². The van der Waals surface area contributed by atoms with Gasteiger partial charge in [0.05, 0.1) is 12.2 Å². The minimum atomic E-state index is -1.12. The highest BCUT2D eigenvalue weighted by molar-refractivity contribution is 8.16. The van der Waals surface area contributed by atoms with Crippen LogP contribution in [0.1, 0.15) is 59.8 Å². The van der Waals surface area contributed by atoms with Crippen LogP contribution in [0.2, 0.25) is 0 Å². The Kier molecular flexibility index (Phi) is 9.58. The van der Waals surface area contributed by atoms with Crippen molar-refractivity contribution in [1.82, 2.24) is 5.32 Å². The summed E-state index contributed by atoms with van der Waals surface area (Å²) in [4.78, 5) is 23.4. The van der Waals surface area contributed by atoms with Crippen LogP contribution in [0.4, 0.5) is 0 Å². The first-order valence-electron chi connectivity index (χ1n) is 12.6. The van der Waals surface area contributed by atoms with Crippen molar-refractivity contribution < 1.29 is 24.9 Å². The Morgan fingerprint density at radius 3 is 2.43 bits per heavy atom. The van der Waals surface area contributed by atoms with Crippen LogP contribution in [-0.4, -0.2) is 63.0 Å². The molecule has 202 valence electrons. The van der Waals surface area contributed by atoms with Gasteiger partial charge in [-0.15, -0.1) is 0 Å². The van der Waals surface area contributed by atoms with Gasteiger partial charge in [0.2, 0.25) is 11.8 Å². The standard InChI is InChI=1S/C29H40N2O5S/c1-18-9-14-21(27-26(35)25(34)23(32)17-37(27)4)16-22(18)15-20-12-10-19(11-13-20)7-5-6-8-24(33)31-29(2,3)28(30)36/h5,7,9-14,16,23,25-27,32,34-35,37H,6,8,15,17H2,1-4H3,(H2,30,36)(H,31,33)/b7-5+/t23-,25-,26-,27+/m1/s1. The third kappa shape index (κ3) is 7.45. The fourth-order valence-corrected chi connectivity index (χ4v) is 6.98. The molecule has 0 bridgehead atoms. The number of allylic oxidation sites excluding steroid dienone is 1. The SMILES string of the molecule is Cc1ccc([C@H]2[C@H](O)[C@H](O)[C@H](O)C[SH]2C)cc1Cc1ccc(/C=C/CCC(=O)NC(C)(C)C(N)=O)cc1. The first kappa shape index (κ1) is 28.9. The van der Waals surface area contributed by atoms with Crippen LogP contribution < -0.4 is 11.1 Å². The number of carbonyl (C=O) groups is 2. The minimum Gasteiger partial charge on any atom is -0.390 e. The second-order valence-corrected chi connectivity index (χ2v) is 13.0. The lowest BCUT2D eigenvalue weighted by atomic mass is 9.93. The van der Waals surface area contributed by atoms with E-state index in [2.05, 4.69) is 42.8 Å². The van der Waals surface area contributed by atoms with Gasteiger partial charge in [-0.05, 0) is 67.7 Å². The Morgan fingerprint density at radius 1 is 1.11 bits per heavy atom. The second-order valence-electron chi connectivity index (χ2n) is 10.5. The lowest BCUT2D eigenvalue weighted by Crippen LogP contribution is -2.52. The number of benzene rings is 2. The maximum atomic E-state index is 12.0. The molecule has 2 aromatic carbocycles. The predicted molar refractivity (Wildman–Crippen MR) is 151 cm³/mol. The van der Waals surface area contributed by atoms with Crippen molar-refractivity contribution in [3.05, 3.63) is 76.4 Å². The van der Waals surface area contributed by atoms with E-state index in [1.807, 2.05) is 30.4 Å². The number of aliphatic hydroxyl groups is 3. The molecule has 1 unspecified atom stereocenters. The van der Waals surface area contributed by atoms with Crippen molar-refractivity contribution in [2.24, 2.45) is 5.73 Å². The summed E-state index contributed by atoms with van der Waals surface area (Å²) in [5.41, 5.74) is 9.75. The van der Waals surface area contributed by atoms with Crippen molar-refractivity contribution in [1.29, 1.82) is 0 Å². The molecule has 7 nitrogen and oxygen atoms in total. The van der Waals surface area contributed by atoms with Crippen molar-refractivity contribution in [2.45, 2.75) is 69.1 Å². The summed E-state index contributed by atoms with van der Waals surface area (Å²) in [5.74, 6) is -0.269. The summed E-state index contributed by atoms with van der Waals surface area (Å²) in [6, 6.07) is 14.5.